The first-order valence-corrected chi connectivity index (χ1v) is 8.65. The van der Waals surface area contributed by atoms with E-state index in [0.717, 1.165) is 36.3 Å². The number of hydrogen-bond donors (Lipinski definition) is 0. The monoisotopic (exact) mass is 328 g/mol. The number of alkyl halides is 1. The molecule has 0 radical (unpaired) electrons. The van der Waals surface area contributed by atoms with E-state index in [0.29, 0.717) is 18.2 Å². The van der Waals surface area contributed by atoms with Crippen LogP contribution in [0, 0.1) is 5.41 Å². The van der Waals surface area contributed by atoms with Gasteiger partial charge in [0, 0.05) is 17.5 Å². The first kappa shape index (κ1) is 15.3. The first-order chi connectivity index (χ1) is 10.1. The standard InChI is InChI=1S/C17H22Cl2O2/c1-17(6-3-2-4-7-17)16(19)12-10-14-15(11-13(12)18)21-9-5-8-20-14/h10-11,16H,2-9H2,1H3. The van der Waals surface area contributed by atoms with Gasteiger partial charge in [0.1, 0.15) is 0 Å². The summed E-state index contributed by atoms with van der Waals surface area (Å²) in [5.41, 5.74) is 1.09. The molecular weight excluding hydrogens is 307 g/mol. The fourth-order valence-corrected chi connectivity index (χ4v) is 4.10. The van der Waals surface area contributed by atoms with Crippen molar-refractivity contribution in [3.8, 4) is 11.5 Å². The Morgan fingerprint density at radius 1 is 1.00 bits per heavy atom. The molecule has 0 aromatic heterocycles. The fourth-order valence-electron chi connectivity index (χ4n) is 3.38. The van der Waals surface area contributed by atoms with E-state index in [4.69, 9.17) is 32.7 Å². The van der Waals surface area contributed by atoms with Gasteiger partial charge in [-0.2, -0.15) is 0 Å². The smallest absolute Gasteiger partial charge is 0.162 e. The van der Waals surface area contributed by atoms with E-state index in [9.17, 15) is 0 Å². The number of ether oxygens (including phenoxy) is 2. The van der Waals surface area contributed by atoms with Crippen LogP contribution < -0.4 is 9.47 Å². The molecule has 2 aliphatic rings. The molecule has 0 N–H and O–H groups in total. The van der Waals surface area contributed by atoms with E-state index >= 15 is 0 Å². The van der Waals surface area contributed by atoms with Crippen molar-refractivity contribution in [1.29, 1.82) is 0 Å². The van der Waals surface area contributed by atoms with Gasteiger partial charge in [-0.1, -0.05) is 37.8 Å². The highest BCUT2D eigenvalue weighted by Gasteiger charge is 2.36. The Morgan fingerprint density at radius 2 is 1.62 bits per heavy atom. The van der Waals surface area contributed by atoms with Gasteiger partial charge in [-0.3, -0.25) is 0 Å². The summed E-state index contributed by atoms with van der Waals surface area (Å²) in [5.74, 6) is 1.51. The highest BCUT2D eigenvalue weighted by molar-refractivity contribution is 6.33. The van der Waals surface area contributed by atoms with Gasteiger partial charge in [0.25, 0.3) is 0 Å². The largest absolute Gasteiger partial charge is 0.490 e. The van der Waals surface area contributed by atoms with Crippen LogP contribution in [0.5, 0.6) is 11.5 Å². The molecule has 1 heterocycles. The van der Waals surface area contributed by atoms with Crippen LogP contribution in [0.15, 0.2) is 12.1 Å². The van der Waals surface area contributed by atoms with E-state index in [1.807, 2.05) is 12.1 Å². The summed E-state index contributed by atoms with van der Waals surface area (Å²) in [5, 5.41) is 0.605. The molecule has 1 fully saturated rings. The molecule has 1 aliphatic carbocycles. The summed E-state index contributed by atoms with van der Waals surface area (Å²) in [4.78, 5) is 0. The predicted molar refractivity (Wildman–Crippen MR) is 86.8 cm³/mol. The van der Waals surface area contributed by atoms with Crippen LogP contribution in [-0.4, -0.2) is 13.2 Å². The number of hydrogen-bond acceptors (Lipinski definition) is 2. The summed E-state index contributed by atoms with van der Waals surface area (Å²) in [6.45, 7) is 3.63. The van der Waals surface area contributed by atoms with Crippen molar-refractivity contribution < 1.29 is 9.47 Å². The van der Waals surface area contributed by atoms with Gasteiger partial charge in [-0.05, 0) is 29.9 Å². The Hall–Kier alpha value is -0.600. The maximum Gasteiger partial charge on any atom is 0.162 e. The van der Waals surface area contributed by atoms with Gasteiger partial charge in [-0.15, -0.1) is 11.6 Å². The van der Waals surface area contributed by atoms with Crippen LogP contribution in [0.3, 0.4) is 0 Å². The summed E-state index contributed by atoms with van der Waals surface area (Å²) in [6.07, 6.45) is 7.03. The minimum Gasteiger partial charge on any atom is -0.490 e. The molecule has 1 unspecified atom stereocenters. The maximum atomic E-state index is 6.83. The van der Waals surface area contributed by atoms with Crippen molar-refractivity contribution in [3.63, 3.8) is 0 Å². The van der Waals surface area contributed by atoms with Crippen molar-refractivity contribution in [2.24, 2.45) is 5.41 Å². The average molecular weight is 329 g/mol. The Bertz CT molecular complexity index is 510. The van der Waals surface area contributed by atoms with Gasteiger partial charge in [0.15, 0.2) is 11.5 Å². The van der Waals surface area contributed by atoms with Crippen molar-refractivity contribution in [2.45, 2.75) is 50.8 Å². The second-order valence-corrected chi connectivity index (χ2v) is 7.29. The molecule has 1 aromatic carbocycles. The molecule has 3 rings (SSSR count). The van der Waals surface area contributed by atoms with Gasteiger partial charge >= 0.3 is 0 Å². The van der Waals surface area contributed by atoms with Gasteiger partial charge in [0.2, 0.25) is 0 Å². The summed E-state index contributed by atoms with van der Waals surface area (Å²) in [7, 11) is 0. The van der Waals surface area contributed by atoms with E-state index in [1.165, 1.54) is 19.3 Å². The lowest BCUT2D eigenvalue weighted by Gasteiger charge is -2.38. The zero-order valence-corrected chi connectivity index (χ0v) is 14.0. The summed E-state index contributed by atoms with van der Waals surface area (Å²) in [6, 6.07) is 3.85. The number of fused-ring (bicyclic) bond motifs is 1. The molecule has 2 nitrogen and oxygen atoms in total. The lowest BCUT2D eigenvalue weighted by molar-refractivity contribution is 0.206. The molecule has 116 valence electrons. The Morgan fingerprint density at radius 3 is 2.29 bits per heavy atom. The van der Waals surface area contributed by atoms with Crippen molar-refractivity contribution in [3.05, 3.63) is 22.7 Å². The van der Waals surface area contributed by atoms with E-state index < -0.39 is 0 Å². The normalized spacial score (nSPS) is 22.4. The van der Waals surface area contributed by atoms with Crippen molar-refractivity contribution in [2.75, 3.05) is 13.2 Å². The highest BCUT2D eigenvalue weighted by Crippen LogP contribution is 2.52. The molecule has 21 heavy (non-hydrogen) atoms. The molecule has 1 aliphatic heterocycles. The van der Waals surface area contributed by atoms with Gasteiger partial charge in [0.05, 0.1) is 18.6 Å². The van der Waals surface area contributed by atoms with Gasteiger partial charge < -0.3 is 9.47 Å². The lowest BCUT2D eigenvalue weighted by atomic mass is 9.71. The number of benzene rings is 1. The fraction of sp³-hybridized carbons (Fsp3) is 0.647. The van der Waals surface area contributed by atoms with E-state index in [-0.39, 0.29) is 10.8 Å². The Balaban J connectivity index is 1.92. The number of rotatable bonds is 2. The number of halogens is 2. The second-order valence-electron chi connectivity index (χ2n) is 6.45. The zero-order chi connectivity index (χ0) is 14.9. The lowest BCUT2D eigenvalue weighted by Crippen LogP contribution is -2.25. The van der Waals surface area contributed by atoms with Crippen LogP contribution in [0.25, 0.3) is 0 Å². The highest BCUT2D eigenvalue weighted by atomic mass is 35.5. The summed E-state index contributed by atoms with van der Waals surface area (Å²) < 4.78 is 11.5. The first-order valence-electron chi connectivity index (χ1n) is 7.83. The van der Waals surface area contributed by atoms with Crippen LogP contribution in [0.1, 0.15) is 56.4 Å². The van der Waals surface area contributed by atoms with E-state index in [1.54, 1.807) is 0 Å². The molecule has 4 heteroatoms. The van der Waals surface area contributed by atoms with Crippen molar-refractivity contribution in [1.82, 2.24) is 0 Å². The zero-order valence-electron chi connectivity index (χ0n) is 12.5. The average Bonchev–Trinajstić information content (AvgIpc) is 2.71. The molecule has 0 saturated heterocycles. The molecular formula is C17H22Cl2O2. The maximum absolute atomic E-state index is 6.83. The third kappa shape index (κ3) is 3.12. The van der Waals surface area contributed by atoms with Crippen LogP contribution in [0.2, 0.25) is 5.02 Å². The molecule has 0 amide bonds. The van der Waals surface area contributed by atoms with Gasteiger partial charge in [-0.25, -0.2) is 0 Å². The minimum atomic E-state index is -0.0811. The molecule has 1 aromatic rings. The molecule has 0 spiro atoms. The van der Waals surface area contributed by atoms with E-state index in [2.05, 4.69) is 6.92 Å². The van der Waals surface area contributed by atoms with Crippen LogP contribution in [-0.2, 0) is 0 Å². The topological polar surface area (TPSA) is 18.5 Å². The SMILES string of the molecule is CC1(C(Cl)c2cc3c(cc2Cl)OCCCO3)CCCCC1. The van der Waals surface area contributed by atoms with Crippen molar-refractivity contribution >= 4 is 23.2 Å². The third-order valence-electron chi connectivity index (χ3n) is 4.75. The Labute approximate surface area is 136 Å². The predicted octanol–water partition coefficient (Wildman–Crippen LogP) is 5.75. The molecule has 1 atom stereocenters. The summed E-state index contributed by atoms with van der Waals surface area (Å²) >= 11 is 13.3. The second kappa shape index (κ2) is 6.26. The Kier molecular flexibility index (Phi) is 4.56. The van der Waals surface area contributed by atoms with Crippen LogP contribution in [0.4, 0.5) is 0 Å². The molecule has 1 saturated carbocycles. The minimum absolute atomic E-state index is 0.0811. The molecule has 0 bridgehead atoms. The quantitative estimate of drug-likeness (QED) is 0.643. The van der Waals surface area contributed by atoms with Crippen LogP contribution >= 0.6 is 23.2 Å². The third-order valence-corrected chi connectivity index (χ3v) is 5.84.